The Morgan fingerprint density at radius 2 is 2.43 bits per heavy atom. The highest BCUT2D eigenvalue weighted by Crippen LogP contribution is 2.26. The van der Waals surface area contributed by atoms with Crippen LogP contribution in [-0.2, 0) is 9.84 Å². The molecule has 21 heavy (non-hydrogen) atoms. The van der Waals surface area contributed by atoms with Crippen LogP contribution in [0.4, 0.5) is 5.82 Å². The summed E-state index contributed by atoms with van der Waals surface area (Å²) in [4.78, 5) is 6.02. The summed E-state index contributed by atoms with van der Waals surface area (Å²) in [6, 6.07) is 3.25. The molecule has 1 saturated heterocycles. The van der Waals surface area contributed by atoms with Gasteiger partial charge in [-0.3, -0.25) is 0 Å². The third-order valence-corrected chi connectivity index (χ3v) is 6.63. The maximum Gasteiger partial charge on any atom is 0.171 e. The molecular weight excluding hydrogens is 312 g/mol. The molecule has 116 valence electrons. The normalized spacial score (nSPS) is 20.5. The van der Waals surface area contributed by atoms with Gasteiger partial charge < -0.3 is 15.8 Å². The highest BCUT2D eigenvalue weighted by molar-refractivity contribution is 8.01. The molecule has 0 aromatic carbocycles. The van der Waals surface area contributed by atoms with E-state index in [1.807, 2.05) is 0 Å². The van der Waals surface area contributed by atoms with E-state index in [4.69, 9.17) is 10.9 Å². The van der Waals surface area contributed by atoms with Crippen LogP contribution in [0.25, 0.3) is 0 Å². The molecule has 1 aliphatic rings. The van der Waals surface area contributed by atoms with Gasteiger partial charge in [0.05, 0.1) is 0 Å². The standard InChI is InChI=1S/C12H18N4O3S2/c1-2-21(18,19)11-8-20-6-5-16(11)10-7-9(3-4-14-10)12(13)15-17/h3-4,7,11,17H,2,5-6,8H2,1H3,(H2,13,15). The Kier molecular flexibility index (Phi) is 4.94. The molecule has 0 saturated carbocycles. The van der Waals surface area contributed by atoms with E-state index >= 15 is 0 Å². The van der Waals surface area contributed by atoms with E-state index in [9.17, 15) is 8.42 Å². The second-order valence-electron chi connectivity index (χ2n) is 4.56. The van der Waals surface area contributed by atoms with Crippen molar-refractivity contribution in [2.45, 2.75) is 12.3 Å². The number of nitrogens with zero attached hydrogens (tertiary/aromatic N) is 3. The Morgan fingerprint density at radius 3 is 3.10 bits per heavy atom. The fourth-order valence-corrected chi connectivity index (χ4v) is 5.10. The van der Waals surface area contributed by atoms with Crippen LogP contribution in [0.2, 0.25) is 0 Å². The largest absolute Gasteiger partial charge is 0.409 e. The number of aromatic nitrogens is 1. The van der Waals surface area contributed by atoms with Crippen LogP contribution in [-0.4, -0.2) is 53.6 Å². The molecule has 1 fully saturated rings. The van der Waals surface area contributed by atoms with E-state index in [0.29, 0.717) is 23.7 Å². The summed E-state index contributed by atoms with van der Waals surface area (Å²) >= 11 is 1.62. The van der Waals surface area contributed by atoms with Crippen molar-refractivity contribution in [2.24, 2.45) is 10.9 Å². The molecule has 0 amide bonds. The maximum absolute atomic E-state index is 12.2. The minimum Gasteiger partial charge on any atom is -0.409 e. The van der Waals surface area contributed by atoms with Gasteiger partial charge in [0.1, 0.15) is 11.2 Å². The van der Waals surface area contributed by atoms with Crippen molar-refractivity contribution in [1.82, 2.24) is 4.98 Å². The quantitative estimate of drug-likeness (QED) is 0.358. The Bertz CT molecular complexity index is 633. The summed E-state index contributed by atoms with van der Waals surface area (Å²) in [7, 11) is -3.20. The van der Waals surface area contributed by atoms with Gasteiger partial charge in [0.2, 0.25) is 0 Å². The van der Waals surface area contributed by atoms with E-state index in [1.165, 1.54) is 6.20 Å². The number of oxime groups is 1. The molecule has 2 heterocycles. The summed E-state index contributed by atoms with van der Waals surface area (Å²) in [5.41, 5.74) is 6.08. The van der Waals surface area contributed by atoms with Crippen molar-refractivity contribution < 1.29 is 13.6 Å². The van der Waals surface area contributed by atoms with Gasteiger partial charge in [-0.25, -0.2) is 13.4 Å². The smallest absolute Gasteiger partial charge is 0.171 e. The third-order valence-electron chi connectivity index (χ3n) is 3.34. The first-order valence-electron chi connectivity index (χ1n) is 6.49. The van der Waals surface area contributed by atoms with Crippen molar-refractivity contribution in [3.8, 4) is 0 Å². The van der Waals surface area contributed by atoms with E-state index in [1.54, 1.807) is 35.7 Å². The van der Waals surface area contributed by atoms with Gasteiger partial charge in [-0.1, -0.05) is 12.1 Å². The van der Waals surface area contributed by atoms with Crippen LogP contribution in [0.5, 0.6) is 0 Å². The highest BCUT2D eigenvalue weighted by Gasteiger charge is 2.33. The van der Waals surface area contributed by atoms with Crippen molar-refractivity contribution in [2.75, 3.05) is 28.7 Å². The van der Waals surface area contributed by atoms with E-state index in [-0.39, 0.29) is 11.6 Å². The monoisotopic (exact) mass is 330 g/mol. The second kappa shape index (κ2) is 6.52. The zero-order chi connectivity index (χ0) is 15.5. The summed E-state index contributed by atoms with van der Waals surface area (Å²) in [5.74, 6) is 1.95. The molecule has 0 aliphatic carbocycles. The average molecular weight is 330 g/mol. The van der Waals surface area contributed by atoms with Gasteiger partial charge in [0.15, 0.2) is 15.7 Å². The summed E-state index contributed by atoms with van der Waals surface area (Å²) in [6.45, 7) is 2.24. The number of nitrogens with two attached hydrogens (primary N) is 1. The topological polar surface area (TPSA) is 109 Å². The molecular formula is C12H18N4O3S2. The zero-order valence-corrected chi connectivity index (χ0v) is 13.3. The highest BCUT2D eigenvalue weighted by atomic mass is 32.2. The first-order chi connectivity index (χ1) is 9.99. The van der Waals surface area contributed by atoms with Gasteiger partial charge >= 0.3 is 0 Å². The molecule has 0 radical (unpaired) electrons. The maximum atomic E-state index is 12.2. The lowest BCUT2D eigenvalue weighted by Gasteiger charge is -2.35. The number of amidine groups is 1. The lowest BCUT2D eigenvalue weighted by Crippen LogP contribution is -2.48. The van der Waals surface area contributed by atoms with E-state index in [2.05, 4.69) is 10.1 Å². The molecule has 1 atom stereocenters. The van der Waals surface area contributed by atoms with Gasteiger partial charge in [-0.15, -0.1) is 0 Å². The first kappa shape index (κ1) is 15.9. The minimum atomic E-state index is -3.20. The molecule has 9 heteroatoms. The van der Waals surface area contributed by atoms with Crippen LogP contribution in [0.1, 0.15) is 12.5 Å². The van der Waals surface area contributed by atoms with E-state index in [0.717, 1.165) is 5.75 Å². The molecule has 1 aromatic heterocycles. The van der Waals surface area contributed by atoms with Crippen LogP contribution in [0.3, 0.4) is 0 Å². The molecule has 1 aromatic rings. The van der Waals surface area contributed by atoms with Gasteiger partial charge in [-0.2, -0.15) is 11.8 Å². The van der Waals surface area contributed by atoms with Crippen LogP contribution in [0, 0.1) is 0 Å². The van der Waals surface area contributed by atoms with Crippen molar-refractivity contribution in [3.05, 3.63) is 23.9 Å². The number of sulfone groups is 1. The average Bonchev–Trinajstić information content (AvgIpc) is 2.54. The zero-order valence-electron chi connectivity index (χ0n) is 11.6. The van der Waals surface area contributed by atoms with Crippen LogP contribution in [0.15, 0.2) is 23.5 Å². The third kappa shape index (κ3) is 3.41. The Morgan fingerprint density at radius 1 is 1.67 bits per heavy atom. The first-order valence-corrected chi connectivity index (χ1v) is 9.36. The lowest BCUT2D eigenvalue weighted by molar-refractivity contribution is 0.318. The SMILES string of the molecule is CCS(=O)(=O)C1CSCCN1c1cc(C(N)=NO)ccn1. The van der Waals surface area contributed by atoms with Crippen LogP contribution >= 0.6 is 11.8 Å². The van der Waals surface area contributed by atoms with Crippen molar-refractivity contribution in [3.63, 3.8) is 0 Å². The van der Waals surface area contributed by atoms with Gasteiger partial charge in [0, 0.05) is 35.6 Å². The van der Waals surface area contributed by atoms with Crippen molar-refractivity contribution >= 4 is 33.3 Å². The lowest BCUT2D eigenvalue weighted by atomic mass is 10.2. The number of anilines is 1. The number of pyridine rings is 1. The summed E-state index contributed by atoms with van der Waals surface area (Å²) in [6.07, 6.45) is 1.53. The van der Waals surface area contributed by atoms with Gasteiger partial charge in [0.25, 0.3) is 0 Å². The number of thioether (sulfide) groups is 1. The molecule has 3 N–H and O–H groups in total. The second-order valence-corrected chi connectivity index (χ2v) is 8.16. The number of rotatable bonds is 4. The predicted molar refractivity (Wildman–Crippen MR) is 84.7 cm³/mol. The Labute approximate surface area is 128 Å². The molecule has 2 rings (SSSR count). The molecule has 7 nitrogen and oxygen atoms in total. The Balaban J connectivity index is 2.38. The van der Waals surface area contributed by atoms with Crippen molar-refractivity contribution in [1.29, 1.82) is 0 Å². The molecule has 0 spiro atoms. The van der Waals surface area contributed by atoms with E-state index < -0.39 is 15.2 Å². The summed E-state index contributed by atoms with van der Waals surface area (Å²) in [5, 5.41) is 11.1. The Hall–Kier alpha value is -1.48. The molecule has 0 bridgehead atoms. The number of hydrogen-bond acceptors (Lipinski definition) is 7. The fourth-order valence-electron chi connectivity index (χ4n) is 2.13. The fraction of sp³-hybridized carbons (Fsp3) is 0.500. The predicted octanol–water partition coefficient (Wildman–Crippen LogP) is 0.490. The molecule has 1 unspecified atom stereocenters. The molecule has 1 aliphatic heterocycles. The number of hydrogen-bond donors (Lipinski definition) is 2. The van der Waals surface area contributed by atoms with Gasteiger partial charge in [-0.05, 0) is 12.1 Å². The minimum absolute atomic E-state index is 0.0278. The van der Waals surface area contributed by atoms with Crippen LogP contribution < -0.4 is 10.6 Å². The summed E-state index contributed by atoms with van der Waals surface area (Å²) < 4.78 is 24.5.